The van der Waals surface area contributed by atoms with Crippen molar-refractivity contribution in [1.82, 2.24) is 13.9 Å². The van der Waals surface area contributed by atoms with Gasteiger partial charge in [0.1, 0.15) is 16.5 Å². The Bertz CT molecular complexity index is 926. The molecular formula is C21H31N3O5S. The highest BCUT2D eigenvalue weighted by Gasteiger charge is 2.35. The molecule has 0 spiro atoms. The molecule has 1 aromatic carbocycles. The second-order valence-corrected chi connectivity index (χ2v) is 9.07. The van der Waals surface area contributed by atoms with E-state index >= 15 is 0 Å². The summed E-state index contributed by atoms with van der Waals surface area (Å²) in [6.07, 6.45) is 7.37. The minimum atomic E-state index is -3.60. The lowest BCUT2D eigenvalue weighted by Crippen LogP contribution is -2.44. The van der Waals surface area contributed by atoms with Crippen LogP contribution in [0.5, 0.6) is 5.75 Å². The van der Waals surface area contributed by atoms with Gasteiger partial charge in [-0.2, -0.15) is 4.31 Å². The van der Waals surface area contributed by atoms with Gasteiger partial charge in [-0.25, -0.2) is 13.4 Å². The molecule has 2 heterocycles. The molecule has 0 aliphatic carbocycles. The lowest BCUT2D eigenvalue weighted by molar-refractivity contribution is -0.122. The van der Waals surface area contributed by atoms with Crippen molar-refractivity contribution in [1.29, 1.82) is 0 Å². The lowest BCUT2D eigenvalue weighted by Gasteiger charge is -2.35. The van der Waals surface area contributed by atoms with Gasteiger partial charge in [-0.15, -0.1) is 0 Å². The number of ether oxygens (including phenoxy) is 1. The summed E-state index contributed by atoms with van der Waals surface area (Å²) >= 11 is 0. The van der Waals surface area contributed by atoms with E-state index in [2.05, 4.69) is 9.55 Å². The van der Waals surface area contributed by atoms with Crippen molar-refractivity contribution >= 4 is 16.5 Å². The largest absolute Gasteiger partial charge is 0.492 e. The summed E-state index contributed by atoms with van der Waals surface area (Å²) in [6.45, 7) is 7.27. The molecule has 0 radical (unpaired) electrons. The van der Waals surface area contributed by atoms with Crippen molar-refractivity contribution in [3.8, 4) is 5.75 Å². The average molecular weight is 438 g/mol. The Hall–Kier alpha value is -2.39. The first-order chi connectivity index (χ1) is 14.3. The molecule has 1 aromatic heterocycles. The highest BCUT2D eigenvalue weighted by Crippen LogP contribution is 2.33. The lowest BCUT2D eigenvalue weighted by atomic mass is 10.0. The van der Waals surface area contributed by atoms with E-state index in [4.69, 9.17) is 14.6 Å². The van der Waals surface area contributed by atoms with Crippen LogP contribution in [-0.4, -0.2) is 53.0 Å². The molecule has 9 heteroatoms. The summed E-state index contributed by atoms with van der Waals surface area (Å²) < 4.78 is 36.4. The molecule has 1 atom stereocenters. The Morgan fingerprint density at radius 2 is 2.03 bits per heavy atom. The number of aromatic nitrogens is 2. The van der Waals surface area contributed by atoms with Crippen LogP contribution in [0.2, 0.25) is 0 Å². The van der Waals surface area contributed by atoms with Gasteiger partial charge in [0.2, 0.25) is 10.0 Å². The number of carboxylic acid groups (broad SMARTS) is 1. The van der Waals surface area contributed by atoms with Gasteiger partial charge < -0.3 is 14.4 Å². The maximum absolute atomic E-state index is 13.5. The quantitative estimate of drug-likeness (QED) is 0.667. The number of imidazole rings is 1. The number of nitrogens with zero attached hydrogens (tertiary/aromatic N) is 3. The minimum absolute atomic E-state index is 0.000499. The fourth-order valence-corrected chi connectivity index (χ4v) is 5.67. The first kappa shape index (κ1) is 23.9. The van der Waals surface area contributed by atoms with E-state index in [1.54, 1.807) is 22.6 Å². The molecule has 1 unspecified atom stereocenters. The van der Waals surface area contributed by atoms with Gasteiger partial charge in [-0.1, -0.05) is 12.5 Å². The van der Waals surface area contributed by atoms with Crippen LogP contribution in [0, 0.1) is 13.8 Å². The number of rotatable bonds is 7. The minimum Gasteiger partial charge on any atom is -0.492 e. The van der Waals surface area contributed by atoms with Gasteiger partial charge in [0.15, 0.2) is 0 Å². The number of sulfonamides is 1. The Kier molecular flexibility index (Phi) is 8.86. The van der Waals surface area contributed by atoms with Crippen LogP contribution >= 0.6 is 0 Å². The normalized spacial score (nSPS) is 17.1. The van der Waals surface area contributed by atoms with Gasteiger partial charge >= 0.3 is 0 Å². The molecule has 1 aliphatic heterocycles. The number of hydrogen-bond donors (Lipinski definition) is 1. The third kappa shape index (κ3) is 5.82. The number of benzene rings is 1. The van der Waals surface area contributed by atoms with E-state index in [1.807, 2.05) is 33.0 Å². The number of aryl methyl sites for hydroxylation is 3. The van der Waals surface area contributed by atoms with Gasteiger partial charge in [-0.3, -0.25) is 4.79 Å². The zero-order valence-electron chi connectivity index (χ0n) is 17.8. The molecule has 0 saturated carbocycles. The standard InChI is InChI=1S/C20H29N3O3S.CH2O2/c1-4-26-19-9-8-16(2)15-20(19)27(24,25)23-12-6-5-7-18(23)10-13-22-14-11-21-17(22)3;2-1-3/h8-9,11,14-15,18H,4-7,10,12-13H2,1-3H3;1H,(H,2,3). The van der Waals surface area contributed by atoms with Crippen LogP contribution in [0.25, 0.3) is 0 Å². The smallest absolute Gasteiger partial charge is 0.290 e. The van der Waals surface area contributed by atoms with E-state index < -0.39 is 10.0 Å². The summed E-state index contributed by atoms with van der Waals surface area (Å²) in [5.74, 6) is 1.40. The number of hydrogen-bond acceptors (Lipinski definition) is 5. The van der Waals surface area contributed by atoms with Gasteiger partial charge in [0.25, 0.3) is 6.47 Å². The van der Waals surface area contributed by atoms with E-state index in [0.29, 0.717) is 18.9 Å². The second-order valence-electron chi connectivity index (χ2n) is 7.21. The monoisotopic (exact) mass is 437 g/mol. The Balaban J connectivity index is 0.00000101. The molecule has 0 bridgehead atoms. The van der Waals surface area contributed by atoms with Crippen molar-refractivity contribution in [2.45, 2.75) is 63.9 Å². The van der Waals surface area contributed by atoms with E-state index in [0.717, 1.165) is 43.6 Å². The molecule has 2 aromatic rings. The summed E-state index contributed by atoms with van der Waals surface area (Å²) in [7, 11) is -3.60. The van der Waals surface area contributed by atoms with Gasteiger partial charge in [0, 0.05) is 31.5 Å². The van der Waals surface area contributed by atoms with Crippen molar-refractivity contribution in [3.05, 3.63) is 42.0 Å². The van der Waals surface area contributed by atoms with Crippen molar-refractivity contribution in [2.24, 2.45) is 0 Å². The molecule has 166 valence electrons. The summed E-state index contributed by atoms with van der Waals surface area (Å²) in [4.78, 5) is 12.9. The summed E-state index contributed by atoms with van der Waals surface area (Å²) in [5.41, 5.74) is 0.916. The van der Waals surface area contributed by atoms with Gasteiger partial charge in [-0.05, 0) is 57.7 Å². The fraction of sp³-hybridized carbons (Fsp3) is 0.524. The topological polar surface area (TPSA) is 102 Å². The van der Waals surface area contributed by atoms with E-state index in [-0.39, 0.29) is 17.4 Å². The molecule has 8 nitrogen and oxygen atoms in total. The van der Waals surface area contributed by atoms with Crippen LogP contribution in [0.1, 0.15) is 44.0 Å². The Morgan fingerprint density at radius 3 is 2.67 bits per heavy atom. The van der Waals surface area contributed by atoms with E-state index in [1.165, 1.54) is 0 Å². The fourth-order valence-electron chi connectivity index (χ4n) is 3.73. The number of carbonyl (C=O) groups is 1. The summed E-state index contributed by atoms with van der Waals surface area (Å²) in [5, 5.41) is 6.89. The molecule has 1 aliphatic rings. The molecule has 1 saturated heterocycles. The summed E-state index contributed by atoms with van der Waals surface area (Å²) in [6, 6.07) is 5.38. The molecule has 1 N–H and O–H groups in total. The Morgan fingerprint density at radius 1 is 1.30 bits per heavy atom. The third-order valence-corrected chi connectivity index (χ3v) is 7.16. The Labute approximate surface area is 178 Å². The first-order valence-electron chi connectivity index (χ1n) is 10.2. The first-order valence-corrected chi connectivity index (χ1v) is 11.6. The SMILES string of the molecule is CCOc1ccc(C)cc1S(=O)(=O)N1CCCCC1CCn1ccnc1C.O=CO. The predicted molar refractivity (Wildman–Crippen MR) is 114 cm³/mol. The van der Waals surface area contributed by atoms with Crippen LogP contribution in [0.15, 0.2) is 35.5 Å². The maximum Gasteiger partial charge on any atom is 0.290 e. The van der Waals surface area contributed by atoms with Crippen molar-refractivity contribution < 1.29 is 23.1 Å². The van der Waals surface area contributed by atoms with Crippen molar-refractivity contribution in [2.75, 3.05) is 13.2 Å². The molecular weight excluding hydrogens is 406 g/mol. The highest BCUT2D eigenvalue weighted by molar-refractivity contribution is 7.89. The molecule has 30 heavy (non-hydrogen) atoms. The van der Waals surface area contributed by atoms with Crippen LogP contribution < -0.4 is 4.74 Å². The second kappa shape index (κ2) is 11.1. The molecule has 1 fully saturated rings. The number of piperidine rings is 1. The van der Waals surface area contributed by atoms with Crippen LogP contribution in [0.4, 0.5) is 0 Å². The third-order valence-electron chi connectivity index (χ3n) is 5.19. The van der Waals surface area contributed by atoms with Gasteiger partial charge in [0.05, 0.1) is 6.61 Å². The maximum atomic E-state index is 13.5. The van der Waals surface area contributed by atoms with Crippen LogP contribution in [-0.2, 0) is 21.4 Å². The molecule has 0 amide bonds. The zero-order valence-corrected chi connectivity index (χ0v) is 18.6. The van der Waals surface area contributed by atoms with Crippen LogP contribution in [0.3, 0.4) is 0 Å². The zero-order chi connectivity index (χ0) is 22.1. The average Bonchev–Trinajstić information content (AvgIpc) is 3.13. The van der Waals surface area contributed by atoms with E-state index in [9.17, 15) is 8.42 Å². The van der Waals surface area contributed by atoms with Crippen molar-refractivity contribution in [3.63, 3.8) is 0 Å². The molecule has 3 rings (SSSR count). The highest BCUT2D eigenvalue weighted by atomic mass is 32.2. The predicted octanol–water partition coefficient (Wildman–Crippen LogP) is 3.23.